The number of hydrogen-bond acceptors (Lipinski definition) is 8. The van der Waals surface area contributed by atoms with Crippen LogP contribution in [0.15, 0.2) is 0 Å². The molecule has 0 bridgehead atoms. The van der Waals surface area contributed by atoms with Gasteiger partial charge in [0, 0.05) is 6.61 Å². The number of rotatable bonds is 24. The van der Waals surface area contributed by atoms with Crippen molar-refractivity contribution in [1.29, 1.82) is 0 Å². The second-order valence-corrected chi connectivity index (χ2v) is 15.6. The van der Waals surface area contributed by atoms with Crippen molar-refractivity contribution >= 4 is 0 Å². The molecule has 0 aromatic heterocycles. The lowest BCUT2D eigenvalue weighted by Gasteiger charge is -2.45. The van der Waals surface area contributed by atoms with Crippen LogP contribution in [0.1, 0.15) is 110 Å². The van der Waals surface area contributed by atoms with E-state index in [2.05, 4.69) is 14.2 Å². The highest BCUT2D eigenvalue weighted by molar-refractivity contribution is 4.98. The third-order valence-electron chi connectivity index (χ3n) is 7.46. The monoisotopic (exact) mass is 758 g/mol. The molecule has 0 atom stereocenters. The summed E-state index contributed by atoms with van der Waals surface area (Å²) in [7, 11) is 0. The normalized spacial score (nSPS) is 15.7. The molecule has 0 aromatic rings. The van der Waals surface area contributed by atoms with Gasteiger partial charge in [-0.3, -0.25) is 0 Å². The molecule has 0 aromatic carbocycles. The van der Waals surface area contributed by atoms with Gasteiger partial charge in [0.25, 0.3) is 5.92 Å². The first-order valence-corrected chi connectivity index (χ1v) is 15.9. The number of aliphatic hydroxyl groups is 1. The molecule has 0 saturated heterocycles. The fourth-order valence-electron chi connectivity index (χ4n) is 3.75. The predicted molar refractivity (Wildman–Crippen MR) is 163 cm³/mol. The van der Waals surface area contributed by atoms with Crippen LogP contribution >= 0.6 is 0 Å². The standard InChI is InChI=1S/C32H56F10O8/c1-21(2)44-17-15-22(3,4)46-19-28(33,34)24(7,8)49-31(39,40)26(11,12)50-32(41,42)30(37,38)25(9,10)48-29(35,36)20-47-23(5,6)16-18-45-27(13,14)43/h21,43H,15-20H2,1-14H3. The Morgan fingerprint density at radius 2 is 0.920 bits per heavy atom. The lowest BCUT2D eigenvalue weighted by atomic mass is 9.97. The van der Waals surface area contributed by atoms with Gasteiger partial charge < -0.3 is 38.3 Å². The van der Waals surface area contributed by atoms with E-state index >= 15 is 35.1 Å². The van der Waals surface area contributed by atoms with Crippen molar-refractivity contribution in [2.24, 2.45) is 0 Å². The summed E-state index contributed by atoms with van der Waals surface area (Å²) in [6, 6.07) is 0. The minimum atomic E-state index is -5.96. The second kappa shape index (κ2) is 16.1. The van der Waals surface area contributed by atoms with Gasteiger partial charge in [-0.05, 0) is 110 Å². The van der Waals surface area contributed by atoms with E-state index in [0.717, 1.165) is 0 Å². The summed E-state index contributed by atoms with van der Waals surface area (Å²) in [6.07, 6.45) is -15.8. The molecular weight excluding hydrogens is 702 g/mol. The van der Waals surface area contributed by atoms with Gasteiger partial charge in [0.2, 0.25) is 0 Å². The summed E-state index contributed by atoms with van der Waals surface area (Å²) < 4.78 is 184. The van der Waals surface area contributed by atoms with Crippen LogP contribution in [0.3, 0.4) is 0 Å². The van der Waals surface area contributed by atoms with Crippen LogP contribution in [0.5, 0.6) is 0 Å². The summed E-state index contributed by atoms with van der Waals surface area (Å²) in [6.45, 7) is 10.1. The third-order valence-corrected chi connectivity index (χ3v) is 7.46. The molecule has 18 heteroatoms. The minimum absolute atomic E-state index is 0.0779. The molecule has 0 saturated carbocycles. The highest BCUT2D eigenvalue weighted by atomic mass is 19.3. The van der Waals surface area contributed by atoms with Gasteiger partial charge in [-0.15, -0.1) is 0 Å². The summed E-state index contributed by atoms with van der Waals surface area (Å²) in [4.78, 5) is 0. The van der Waals surface area contributed by atoms with Gasteiger partial charge >= 0.3 is 24.2 Å². The topological polar surface area (TPSA) is 84.8 Å². The van der Waals surface area contributed by atoms with Crippen LogP contribution in [0, 0.1) is 0 Å². The fraction of sp³-hybridized carbons (Fsp3) is 1.00. The van der Waals surface area contributed by atoms with Gasteiger partial charge in [-0.25, -0.2) is 8.78 Å². The molecule has 302 valence electrons. The quantitative estimate of drug-likeness (QED) is 0.0772. The van der Waals surface area contributed by atoms with Gasteiger partial charge in [-0.2, -0.15) is 35.1 Å². The van der Waals surface area contributed by atoms with Crippen molar-refractivity contribution in [3.05, 3.63) is 0 Å². The average molecular weight is 759 g/mol. The van der Waals surface area contributed by atoms with Gasteiger partial charge in [-0.1, -0.05) is 0 Å². The summed E-state index contributed by atoms with van der Waals surface area (Å²) >= 11 is 0. The molecule has 1 N–H and O–H groups in total. The molecule has 0 heterocycles. The van der Waals surface area contributed by atoms with Crippen LogP contribution in [-0.2, 0) is 33.2 Å². The van der Waals surface area contributed by atoms with E-state index in [9.17, 15) is 13.9 Å². The van der Waals surface area contributed by atoms with Crippen LogP contribution < -0.4 is 0 Å². The van der Waals surface area contributed by atoms with Crippen LogP contribution in [0.2, 0.25) is 0 Å². The van der Waals surface area contributed by atoms with Crippen LogP contribution in [0.25, 0.3) is 0 Å². The Bertz CT molecular complexity index is 1060. The lowest BCUT2D eigenvalue weighted by molar-refractivity contribution is -0.472. The van der Waals surface area contributed by atoms with Gasteiger partial charge in [0.1, 0.15) is 24.4 Å². The molecule has 0 aliphatic carbocycles. The predicted octanol–water partition coefficient (Wildman–Crippen LogP) is 8.96. The fourth-order valence-corrected chi connectivity index (χ4v) is 3.75. The Morgan fingerprint density at radius 1 is 0.500 bits per heavy atom. The molecule has 0 unspecified atom stereocenters. The first-order valence-electron chi connectivity index (χ1n) is 15.9. The summed E-state index contributed by atoms with van der Waals surface area (Å²) in [5.41, 5.74) is -13.3. The zero-order valence-corrected chi connectivity index (χ0v) is 31.4. The zero-order valence-electron chi connectivity index (χ0n) is 31.4. The van der Waals surface area contributed by atoms with Crippen molar-refractivity contribution in [3.8, 4) is 0 Å². The van der Waals surface area contributed by atoms with E-state index in [1.165, 1.54) is 41.5 Å². The third kappa shape index (κ3) is 14.8. The Labute approximate surface area is 288 Å². The van der Waals surface area contributed by atoms with E-state index in [1.807, 2.05) is 0 Å². The molecule has 0 amide bonds. The van der Waals surface area contributed by atoms with E-state index in [1.54, 1.807) is 13.8 Å². The van der Waals surface area contributed by atoms with Gasteiger partial charge in [0.05, 0.1) is 23.9 Å². The van der Waals surface area contributed by atoms with Crippen molar-refractivity contribution in [2.75, 3.05) is 26.4 Å². The Balaban J connectivity index is 5.81. The number of halogens is 10. The summed E-state index contributed by atoms with van der Waals surface area (Å²) in [5, 5.41) is 9.59. The first kappa shape index (κ1) is 49.0. The second-order valence-electron chi connectivity index (χ2n) is 15.6. The number of hydrogen-bond donors (Lipinski definition) is 1. The van der Waals surface area contributed by atoms with Crippen molar-refractivity contribution in [1.82, 2.24) is 0 Å². The molecule has 0 radical (unpaired) electrons. The molecule has 0 fully saturated rings. The Morgan fingerprint density at radius 3 is 1.36 bits per heavy atom. The zero-order chi connectivity index (χ0) is 40.3. The highest BCUT2D eigenvalue weighted by Crippen LogP contribution is 2.51. The van der Waals surface area contributed by atoms with Crippen LogP contribution in [0.4, 0.5) is 43.9 Å². The van der Waals surface area contributed by atoms with E-state index in [4.69, 9.17) is 18.9 Å². The lowest BCUT2D eigenvalue weighted by Crippen LogP contribution is -2.65. The molecule has 0 aliphatic heterocycles. The summed E-state index contributed by atoms with van der Waals surface area (Å²) in [5.74, 6) is -11.5. The van der Waals surface area contributed by atoms with Gasteiger partial charge in [0.15, 0.2) is 11.4 Å². The van der Waals surface area contributed by atoms with Crippen molar-refractivity contribution in [2.45, 2.75) is 180 Å². The number of alkyl halides is 10. The van der Waals surface area contributed by atoms with Crippen molar-refractivity contribution in [3.63, 3.8) is 0 Å². The molecule has 8 nitrogen and oxygen atoms in total. The average Bonchev–Trinajstić information content (AvgIpc) is 2.83. The largest absolute Gasteiger partial charge is 0.423 e. The SMILES string of the molecule is CC(C)OCCC(C)(C)OCC(F)(F)C(C)(C)OC(F)(F)C(C)(C)OC(F)(F)C(F)(F)C(C)(C)OC(F)(F)COC(C)(C)CCOC(C)(C)O. The van der Waals surface area contributed by atoms with E-state index in [-0.39, 0.29) is 59.9 Å². The smallest absolute Gasteiger partial charge is 0.379 e. The molecule has 50 heavy (non-hydrogen) atoms. The maximum Gasteiger partial charge on any atom is 0.423 e. The van der Waals surface area contributed by atoms with E-state index in [0.29, 0.717) is 13.8 Å². The maximum atomic E-state index is 15.3. The van der Waals surface area contributed by atoms with Crippen molar-refractivity contribution < 1.29 is 82.2 Å². The maximum absolute atomic E-state index is 15.3. The van der Waals surface area contributed by atoms with Crippen LogP contribution in [-0.4, -0.2) is 102 Å². The van der Waals surface area contributed by atoms with E-state index < -0.39 is 77.2 Å². The molecule has 0 rings (SSSR count). The molecule has 0 aliphatic rings. The highest BCUT2D eigenvalue weighted by Gasteiger charge is 2.72. The molecular formula is C32H56F10O8. The first-order chi connectivity index (χ1) is 21.7. The Hall–Kier alpha value is -1.02. The number of ether oxygens (including phenoxy) is 7. The molecule has 0 spiro atoms. The minimum Gasteiger partial charge on any atom is -0.379 e. The Kier molecular flexibility index (Phi) is 15.8.